The van der Waals surface area contributed by atoms with Gasteiger partial charge in [0.15, 0.2) is 12.2 Å². The molecule has 2 aromatic rings. The zero-order valence-electron chi connectivity index (χ0n) is 53.4. The number of aliphatic hydroxyl groups is 2. The van der Waals surface area contributed by atoms with Crippen molar-refractivity contribution >= 4 is 71.1 Å². The number of phenols is 4. The maximum atomic E-state index is 13.4. The van der Waals surface area contributed by atoms with Gasteiger partial charge in [0.1, 0.15) is 73.0 Å². The number of allylic oxidation sites excluding steroid dienone is 4. The minimum Gasteiger partial charge on any atom is -0.506 e. The van der Waals surface area contributed by atoms with Gasteiger partial charge in [0, 0.05) is 87.1 Å². The van der Waals surface area contributed by atoms with E-state index in [2.05, 4.69) is 20.6 Å². The summed E-state index contributed by atoms with van der Waals surface area (Å²) >= 11 is 0. The van der Waals surface area contributed by atoms with Gasteiger partial charge in [0.25, 0.3) is 11.8 Å². The first-order valence-corrected chi connectivity index (χ1v) is 29.2. The zero-order valence-corrected chi connectivity index (χ0v) is 53.4. The fourth-order valence-corrected chi connectivity index (χ4v) is 10.3. The number of fused-ring (bicyclic) bond motifs is 4. The molecular formula is C64H88N6O21. The van der Waals surface area contributed by atoms with E-state index in [1.165, 1.54) is 66.6 Å². The molecule has 500 valence electrons. The van der Waals surface area contributed by atoms with Crippen molar-refractivity contribution in [3.8, 4) is 23.0 Å². The largest absolute Gasteiger partial charge is 0.506 e. The Labute approximate surface area is 529 Å². The predicted octanol–water partition coefficient (Wildman–Crippen LogP) is 6.64. The number of amides is 4. The highest BCUT2D eigenvalue weighted by Crippen LogP contribution is 2.46. The Balaban J connectivity index is 1.47. The van der Waals surface area contributed by atoms with E-state index in [0.29, 0.717) is 11.1 Å². The summed E-state index contributed by atoms with van der Waals surface area (Å²) in [6.07, 6.45) is 5.61. The SMILES string of the molecule is CO[C@H]1C=CC=C(C)C(=O)Nc2cc(O)c(N=CCOC(=O)COCC(=O)OCC=Nc3c(O)cc4c(O)c3C[C@@H](C)C[C@H](OC)[C@H](O)[C@@H](C)C=C(C)[C@H](OC(N)=O)[C@@H](OC)C=CC=C(C)C(=O)N4)c(c2O)C[C@@H](C)C[C@H](OC)[C@H](O)[C@@H](C)C=C(C)[C@@H]1OC(N)=O. The molecule has 0 aliphatic carbocycles. The molecule has 0 saturated heterocycles. The fraction of sp³-hybridized carbons (Fsp3) is 0.500. The van der Waals surface area contributed by atoms with Crippen LogP contribution in [-0.2, 0) is 74.7 Å². The molecule has 0 unspecified atom stereocenters. The molecule has 0 spiro atoms. The van der Waals surface area contributed by atoms with Crippen LogP contribution in [0.25, 0.3) is 0 Å². The molecule has 12 atom stereocenters. The maximum Gasteiger partial charge on any atom is 0.405 e. The van der Waals surface area contributed by atoms with Crippen LogP contribution < -0.4 is 22.1 Å². The maximum absolute atomic E-state index is 13.4. The second-order valence-corrected chi connectivity index (χ2v) is 22.4. The molecule has 27 heteroatoms. The van der Waals surface area contributed by atoms with Crippen molar-refractivity contribution in [2.75, 3.05) is 65.5 Å². The van der Waals surface area contributed by atoms with Crippen molar-refractivity contribution in [2.24, 2.45) is 45.1 Å². The standard InChI is InChI=1S/C64H88N6O21/c1-33-23-41-53(45(71)29-43(57(41)77)69-61(79)35(3)15-13-17-47(83-9)59(90-63(65)81)39(7)27-37(5)55(75)49(25-33)85-11)67-19-21-88-51(73)31-87-32-52(74)89-22-20-68-54-42-24-34(2)26-50(86-12)56(76)38(6)28-40(8)60(91-64(66)82)48(84-10)18-14-16-36(4)62(80)70-44(58(42)78)30-46(54)72/h13-20,27-30,33-34,37-38,47-50,55-56,59-60,71-72,75-78H,21-26,31-32H2,1-12H3,(H2,65,81)(H2,66,82)(H,69,79)(H,70,80)/t33-,34-,37+,38+,47+,48+,49+,50+,55-,56-,59+,60+/m1/s1. The van der Waals surface area contributed by atoms with Gasteiger partial charge >= 0.3 is 24.1 Å². The number of aliphatic imine (C=N–C) groups is 2. The Kier molecular flexibility index (Phi) is 30.0. The number of primary amides is 2. The molecule has 2 aromatic carbocycles. The monoisotopic (exact) mass is 1280 g/mol. The summed E-state index contributed by atoms with van der Waals surface area (Å²) in [5.41, 5.74) is 11.8. The van der Waals surface area contributed by atoms with Crippen LogP contribution in [0.1, 0.15) is 79.4 Å². The topological polar surface area (TPSA) is 408 Å². The van der Waals surface area contributed by atoms with Crippen molar-refractivity contribution in [1.29, 1.82) is 0 Å². The number of nitrogens with two attached hydrogens (primary N) is 2. The molecule has 4 bridgehead atoms. The Morgan fingerprint density at radius 1 is 0.593 bits per heavy atom. The van der Waals surface area contributed by atoms with Gasteiger partial charge in [0.2, 0.25) is 0 Å². The predicted molar refractivity (Wildman–Crippen MR) is 337 cm³/mol. The number of methoxy groups -OCH3 is 4. The summed E-state index contributed by atoms with van der Waals surface area (Å²) in [6, 6.07) is 2.20. The lowest BCUT2D eigenvalue weighted by Crippen LogP contribution is -2.37. The smallest absolute Gasteiger partial charge is 0.405 e. The van der Waals surface area contributed by atoms with Gasteiger partial charge in [-0.05, 0) is 76.4 Å². The van der Waals surface area contributed by atoms with Crippen molar-refractivity contribution in [3.05, 3.63) is 94.2 Å². The molecule has 4 amide bonds. The minimum absolute atomic E-state index is 0.0267. The number of anilines is 2. The number of hydrogen-bond acceptors (Lipinski definition) is 23. The van der Waals surface area contributed by atoms with Gasteiger partial charge in [-0.25, -0.2) is 19.2 Å². The fourth-order valence-electron chi connectivity index (χ4n) is 10.3. The van der Waals surface area contributed by atoms with Gasteiger partial charge in [-0.2, -0.15) is 0 Å². The number of ether oxygens (including phenoxy) is 9. The summed E-state index contributed by atoms with van der Waals surface area (Å²) in [5, 5.41) is 74.2. The van der Waals surface area contributed by atoms with E-state index in [1.54, 1.807) is 52.0 Å². The molecule has 0 fully saturated rings. The average Bonchev–Trinajstić information content (AvgIpc) is 1.05. The van der Waals surface area contributed by atoms with Crippen molar-refractivity contribution in [3.63, 3.8) is 0 Å². The Bertz CT molecular complexity index is 2930. The first-order chi connectivity index (χ1) is 43.0. The molecule has 91 heavy (non-hydrogen) atoms. The van der Waals surface area contributed by atoms with Gasteiger partial charge in [-0.1, -0.05) is 76.3 Å². The van der Waals surface area contributed by atoms with E-state index in [4.69, 9.17) is 54.1 Å². The van der Waals surface area contributed by atoms with Crippen molar-refractivity contribution in [2.45, 2.75) is 130 Å². The van der Waals surface area contributed by atoms with Gasteiger partial charge in [-0.15, -0.1) is 0 Å². The number of aliphatic hydroxyl groups excluding tert-OH is 2. The third-order valence-electron chi connectivity index (χ3n) is 15.1. The molecule has 27 nitrogen and oxygen atoms in total. The molecule has 2 aliphatic heterocycles. The lowest BCUT2D eigenvalue weighted by Gasteiger charge is -2.29. The van der Waals surface area contributed by atoms with E-state index >= 15 is 0 Å². The lowest BCUT2D eigenvalue weighted by atomic mass is 9.87. The van der Waals surface area contributed by atoms with Crippen LogP contribution in [0, 0.1) is 23.7 Å². The van der Waals surface area contributed by atoms with Crippen LogP contribution in [-0.4, -0.2) is 183 Å². The molecule has 0 saturated carbocycles. The summed E-state index contributed by atoms with van der Waals surface area (Å²) in [7, 11) is 5.65. The Hall–Kier alpha value is -8.44. The summed E-state index contributed by atoms with van der Waals surface area (Å²) in [6.45, 7) is 11.2. The molecule has 2 aliphatic rings. The highest BCUT2D eigenvalue weighted by atomic mass is 16.6. The number of benzene rings is 2. The number of phenolic OH excluding ortho intramolecular Hbond substituents is 4. The number of carbonyl (C=O) groups is 6. The zero-order chi connectivity index (χ0) is 67.8. The third-order valence-corrected chi connectivity index (χ3v) is 15.1. The first kappa shape index (κ1) is 75.0. The van der Waals surface area contributed by atoms with Crippen LogP contribution >= 0.6 is 0 Å². The van der Waals surface area contributed by atoms with Crippen molar-refractivity contribution in [1.82, 2.24) is 0 Å². The number of nitrogens with one attached hydrogen (secondary N) is 2. The molecule has 12 N–H and O–H groups in total. The molecule has 4 rings (SSSR count). The summed E-state index contributed by atoms with van der Waals surface area (Å²) in [4.78, 5) is 84.8. The second-order valence-electron chi connectivity index (χ2n) is 22.4. The number of rotatable bonds is 16. The van der Waals surface area contributed by atoms with Gasteiger partial charge in [-0.3, -0.25) is 19.6 Å². The minimum atomic E-state index is -1.09. The molecule has 2 heterocycles. The van der Waals surface area contributed by atoms with E-state index < -0.39 is 146 Å². The van der Waals surface area contributed by atoms with Crippen LogP contribution in [0.3, 0.4) is 0 Å². The van der Waals surface area contributed by atoms with E-state index in [-0.39, 0.29) is 82.5 Å². The number of aromatic hydroxyl groups is 4. The molecule has 0 aromatic heterocycles. The Morgan fingerprint density at radius 2 is 0.956 bits per heavy atom. The third kappa shape index (κ3) is 22.5. The summed E-state index contributed by atoms with van der Waals surface area (Å²) < 4.78 is 49.1. The normalized spacial score (nSPS) is 25.3. The van der Waals surface area contributed by atoms with Gasteiger partial charge < -0.3 is 95.4 Å². The highest BCUT2D eigenvalue weighted by molar-refractivity contribution is 6.05. The van der Waals surface area contributed by atoms with E-state index in [9.17, 15) is 59.4 Å². The van der Waals surface area contributed by atoms with Crippen LogP contribution in [0.5, 0.6) is 23.0 Å². The second kappa shape index (κ2) is 36.4. The number of hydrogen-bond donors (Lipinski definition) is 10. The van der Waals surface area contributed by atoms with E-state index in [0.717, 1.165) is 24.6 Å². The lowest BCUT2D eigenvalue weighted by molar-refractivity contribution is -0.153. The van der Waals surface area contributed by atoms with Crippen LogP contribution in [0.15, 0.2) is 93.0 Å². The first-order valence-electron chi connectivity index (χ1n) is 29.2. The van der Waals surface area contributed by atoms with Gasteiger partial charge in [0.05, 0.1) is 35.8 Å². The quantitative estimate of drug-likeness (QED) is 0.0210. The molecule has 0 radical (unpaired) electrons. The Morgan fingerprint density at radius 3 is 1.29 bits per heavy atom. The van der Waals surface area contributed by atoms with Crippen molar-refractivity contribution < 1.29 is 102 Å². The van der Waals surface area contributed by atoms with E-state index in [1.807, 2.05) is 13.8 Å². The number of nitrogens with zero attached hydrogens (tertiary/aromatic N) is 2. The van der Waals surface area contributed by atoms with Crippen LogP contribution in [0.2, 0.25) is 0 Å². The van der Waals surface area contributed by atoms with Crippen LogP contribution in [0.4, 0.5) is 32.3 Å². The summed E-state index contributed by atoms with van der Waals surface area (Å²) in [5.74, 6) is -6.80. The average molecular weight is 1280 g/mol. The molecular weight excluding hydrogens is 1190 g/mol. The highest BCUT2D eigenvalue weighted by Gasteiger charge is 2.33. The number of carbonyl (C=O) groups excluding carboxylic acids is 6. The number of esters is 2.